The number of carbonyl (C=O) groups excluding carboxylic acids is 1. The Hall–Kier alpha value is -2.19. The normalized spacial score (nSPS) is 13.9. The van der Waals surface area contributed by atoms with Crippen LogP contribution in [0.4, 0.5) is 0 Å². The lowest BCUT2D eigenvalue weighted by Gasteiger charge is -2.21. The minimum atomic E-state index is -0.777. The second kappa shape index (κ2) is 12.2. The van der Waals surface area contributed by atoms with E-state index in [4.69, 9.17) is 19.8 Å². The molecule has 1 aromatic carbocycles. The summed E-state index contributed by atoms with van der Waals surface area (Å²) in [4.78, 5) is 10.8. The van der Waals surface area contributed by atoms with Crippen LogP contribution < -0.4 is 10.2 Å². The van der Waals surface area contributed by atoms with Gasteiger partial charge in [-0.25, -0.2) is 5.48 Å². The molecule has 0 aliphatic carbocycles. The van der Waals surface area contributed by atoms with Gasteiger partial charge in [-0.05, 0) is 30.5 Å². The van der Waals surface area contributed by atoms with Crippen molar-refractivity contribution in [2.45, 2.75) is 25.0 Å². The van der Waals surface area contributed by atoms with Crippen molar-refractivity contribution < 1.29 is 29.7 Å². The quantitative estimate of drug-likeness (QED) is 0.208. The van der Waals surface area contributed by atoms with Crippen molar-refractivity contribution in [1.29, 1.82) is 0 Å². The van der Waals surface area contributed by atoms with Crippen LogP contribution in [0.3, 0.4) is 0 Å². The minimum Gasteiger partial charge on any atom is -0.491 e. The van der Waals surface area contributed by atoms with E-state index >= 15 is 0 Å². The maximum absolute atomic E-state index is 10.8. The predicted molar refractivity (Wildman–Crippen MR) is 92.2 cm³/mol. The van der Waals surface area contributed by atoms with Crippen LogP contribution in [-0.4, -0.2) is 47.8 Å². The lowest BCUT2D eigenvalue weighted by molar-refractivity contribution is -0.124. The third kappa shape index (κ3) is 7.95. The highest BCUT2D eigenvalue weighted by Crippen LogP contribution is 2.24. The second-order valence-corrected chi connectivity index (χ2v) is 5.20. The van der Waals surface area contributed by atoms with Crippen LogP contribution in [0.2, 0.25) is 0 Å². The molecule has 0 saturated heterocycles. The summed E-state index contributed by atoms with van der Waals surface area (Å²) >= 11 is 0. The lowest BCUT2D eigenvalue weighted by Crippen LogP contribution is -2.20. The number of aliphatic hydroxyl groups is 2. The maximum atomic E-state index is 10.8. The summed E-state index contributed by atoms with van der Waals surface area (Å²) in [5.41, 5.74) is 2.21. The number of carbonyl (C=O) groups is 1. The number of ether oxygens (including phenoxy) is 2. The molecule has 4 N–H and O–H groups in total. The molecule has 0 fully saturated rings. The Labute approximate surface area is 147 Å². The first-order valence-electron chi connectivity index (χ1n) is 7.94. The van der Waals surface area contributed by atoms with E-state index in [1.165, 1.54) is 17.6 Å². The predicted octanol–water partition coefficient (Wildman–Crippen LogP) is 1.50. The van der Waals surface area contributed by atoms with Gasteiger partial charge in [0.1, 0.15) is 18.5 Å². The van der Waals surface area contributed by atoms with E-state index in [2.05, 4.69) is 0 Å². The van der Waals surface area contributed by atoms with Crippen LogP contribution in [0, 0.1) is 0 Å². The number of hydroxylamine groups is 1. The summed E-state index contributed by atoms with van der Waals surface area (Å²) < 4.78 is 10.6. The molecule has 1 aromatic rings. The minimum absolute atomic E-state index is 0.0521. The summed E-state index contributed by atoms with van der Waals surface area (Å²) in [5.74, 6) is 0.0295. The van der Waals surface area contributed by atoms with Gasteiger partial charge in [0.2, 0.25) is 0 Å². The molecule has 7 heteroatoms. The molecule has 25 heavy (non-hydrogen) atoms. The van der Waals surface area contributed by atoms with Crippen LogP contribution in [0.25, 0.3) is 0 Å². The van der Waals surface area contributed by atoms with Crippen LogP contribution >= 0.6 is 0 Å². The Balaban J connectivity index is 2.50. The molecule has 0 aliphatic rings. The molecule has 0 unspecified atom stereocenters. The smallest absolute Gasteiger partial charge is 0.267 e. The van der Waals surface area contributed by atoms with Gasteiger partial charge in [-0.2, -0.15) is 0 Å². The van der Waals surface area contributed by atoms with Crippen molar-refractivity contribution in [1.82, 2.24) is 5.48 Å². The first kappa shape index (κ1) is 20.9. The Morgan fingerprint density at radius 3 is 2.60 bits per heavy atom. The standard InChI is InChI=1S/C18H25NO6/c1-24-16(6-4-2-3-5-7-17(21)19-23)18(22)14-8-10-15(11-9-14)25-13-12-20/h2-3,5,7-11,16,18,20,22-23H,4,6,12-13H2,1H3,(H,19,21)/b3-2+,7-5+/t16-,18-/m1/s1. The van der Waals surface area contributed by atoms with E-state index in [1.807, 2.05) is 6.08 Å². The molecule has 0 radical (unpaired) electrons. The van der Waals surface area contributed by atoms with Crippen LogP contribution in [-0.2, 0) is 9.53 Å². The van der Waals surface area contributed by atoms with E-state index in [9.17, 15) is 9.90 Å². The molecule has 1 amide bonds. The number of rotatable bonds is 11. The van der Waals surface area contributed by atoms with Crippen molar-refractivity contribution in [2.75, 3.05) is 20.3 Å². The summed E-state index contributed by atoms with van der Waals surface area (Å²) in [6, 6.07) is 6.99. The third-order valence-corrected chi connectivity index (χ3v) is 3.46. The van der Waals surface area contributed by atoms with Crippen molar-refractivity contribution in [3.63, 3.8) is 0 Å². The number of hydrogen-bond acceptors (Lipinski definition) is 6. The molecule has 0 aliphatic heterocycles. The number of allylic oxidation sites excluding steroid dienone is 3. The van der Waals surface area contributed by atoms with Crippen LogP contribution in [0.1, 0.15) is 24.5 Å². The third-order valence-electron chi connectivity index (χ3n) is 3.46. The van der Waals surface area contributed by atoms with Crippen molar-refractivity contribution in [3.8, 4) is 5.75 Å². The zero-order valence-corrected chi connectivity index (χ0v) is 14.2. The second-order valence-electron chi connectivity index (χ2n) is 5.20. The van der Waals surface area contributed by atoms with E-state index in [0.717, 1.165) is 0 Å². The highest BCUT2D eigenvalue weighted by atomic mass is 16.5. The van der Waals surface area contributed by atoms with Gasteiger partial charge < -0.3 is 19.7 Å². The monoisotopic (exact) mass is 351 g/mol. The molecule has 0 bridgehead atoms. The van der Waals surface area contributed by atoms with E-state index in [1.54, 1.807) is 37.5 Å². The summed E-state index contributed by atoms with van der Waals surface area (Å²) in [6.07, 6.45) is 6.32. The van der Waals surface area contributed by atoms with E-state index in [0.29, 0.717) is 24.2 Å². The lowest BCUT2D eigenvalue weighted by atomic mass is 10.0. The van der Waals surface area contributed by atoms with Crippen LogP contribution in [0.15, 0.2) is 48.6 Å². The molecule has 0 heterocycles. The molecule has 0 aromatic heterocycles. The SMILES string of the molecule is CO[C@H](CC/C=C/C=C/C(=O)NO)[C@H](O)c1ccc(OCCO)cc1. The number of amides is 1. The zero-order chi connectivity index (χ0) is 18.5. The topological polar surface area (TPSA) is 108 Å². The molecule has 7 nitrogen and oxygen atoms in total. The first-order chi connectivity index (χ1) is 12.1. The van der Waals surface area contributed by atoms with Gasteiger partial charge in [0.15, 0.2) is 0 Å². The molecule has 0 spiro atoms. The molecule has 138 valence electrons. The highest BCUT2D eigenvalue weighted by Gasteiger charge is 2.19. The van der Waals surface area contributed by atoms with Gasteiger partial charge in [0.25, 0.3) is 5.91 Å². The van der Waals surface area contributed by atoms with Crippen LogP contribution in [0.5, 0.6) is 5.75 Å². The van der Waals surface area contributed by atoms with E-state index in [-0.39, 0.29) is 19.3 Å². The Bertz CT molecular complexity index is 555. The number of benzene rings is 1. The first-order valence-corrected chi connectivity index (χ1v) is 7.94. The van der Waals surface area contributed by atoms with Gasteiger partial charge in [-0.15, -0.1) is 0 Å². The fourth-order valence-electron chi connectivity index (χ4n) is 2.16. The van der Waals surface area contributed by atoms with Crippen molar-refractivity contribution >= 4 is 5.91 Å². The van der Waals surface area contributed by atoms with Gasteiger partial charge >= 0.3 is 0 Å². The van der Waals surface area contributed by atoms with Crippen molar-refractivity contribution in [3.05, 3.63) is 54.1 Å². The zero-order valence-electron chi connectivity index (χ0n) is 14.2. The van der Waals surface area contributed by atoms with Gasteiger partial charge in [0.05, 0.1) is 12.7 Å². The number of hydrogen-bond donors (Lipinski definition) is 4. The fourth-order valence-corrected chi connectivity index (χ4v) is 2.16. The highest BCUT2D eigenvalue weighted by molar-refractivity contribution is 5.86. The Morgan fingerprint density at radius 1 is 1.28 bits per heavy atom. The van der Waals surface area contributed by atoms with E-state index < -0.39 is 12.0 Å². The summed E-state index contributed by atoms with van der Waals surface area (Å²) in [7, 11) is 1.54. The summed E-state index contributed by atoms with van der Waals surface area (Å²) in [5, 5.41) is 27.5. The van der Waals surface area contributed by atoms with Gasteiger partial charge in [-0.3, -0.25) is 10.0 Å². The Morgan fingerprint density at radius 2 is 2.00 bits per heavy atom. The number of nitrogens with one attached hydrogen (secondary N) is 1. The fraction of sp³-hybridized carbons (Fsp3) is 0.389. The molecule has 0 saturated carbocycles. The molecular weight excluding hydrogens is 326 g/mol. The molecule has 2 atom stereocenters. The average molecular weight is 351 g/mol. The van der Waals surface area contributed by atoms with Gasteiger partial charge in [0, 0.05) is 13.2 Å². The number of aliphatic hydroxyl groups excluding tert-OH is 2. The largest absolute Gasteiger partial charge is 0.491 e. The van der Waals surface area contributed by atoms with Gasteiger partial charge in [-0.1, -0.05) is 30.4 Å². The summed E-state index contributed by atoms with van der Waals surface area (Å²) in [6.45, 7) is 0.173. The maximum Gasteiger partial charge on any atom is 0.267 e. The molecular formula is C18H25NO6. The van der Waals surface area contributed by atoms with Crippen molar-refractivity contribution in [2.24, 2.45) is 0 Å². The number of methoxy groups -OCH3 is 1. The Kier molecular flexibility index (Phi) is 10.2. The molecule has 1 rings (SSSR count). The average Bonchev–Trinajstić information content (AvgIpc) is 2.65.